The van der Waals surface area contributed by atoms with Crippen molar-refractivity contribution in [2.45, 2.75) is 44.1 Å². The Morgan fingerprint density at radius 1 is 1.29 bits per heavy atom. The molecule has 0 aliphatic heterocycles. The van der Waals surface area contributed by atoms with Crippen LogP contribution in [0.4, 0.5) is 0 Å². The zero-order valence-corrected chi connectivity index (χ0v) is 10.3. The Labute approximate surface area is 103 Å². The fourth-order valence-electron chi connectivity index (χ4n) is 2.09. The normalized spacial score (nSPS) is 21.2. The zero-order chi connectivity index (χ0) is 11.7. The Hall–Kier alpha value is -1.02. The maximum Gasteiger partial charge on any atom is 0.119 e. The number of hydrogen-bond donors (Lipinski definition) is 1. The van der Waals surface area contributed by atoms with E-state index in [1.807, 2.05) is 0 Å². The minimum absolute atomic E-state index is 0.158. The third kappa shape index (κ3) is 3.22. The van der Waals surface area contributed by atoms with Gasteiger partial charge in [0, 0.05) is 5.54 Å². The van der Waals surface area contributed by atoms with Crippen molar-refractivity contribution in [3.63, 3.8) is 0 Å². The van der Waals surface area contributed by atoms with Gasteiger partial charge in [0.1, 0.15) is 5.75 Å². The largest absolute Gasteiger partial charge is 0.493 e. The topological polar surface area (TPSA) is 35.2 Å². The number of rotatable bonds is 6. The van der Waals surface area contributed by atoms with Gasteiger partial charge in [-0.15, -0.1) is 0 Å². The maximum absolute atomic E-state index is 6.11. The van der Waals surface area contributed by atoms with Gasteiger partial charge < -0.3 is 10.5 Å². The molecule has 2 N–H and O–H groups in total. The highest BCUT2D eigenvalue weighted by Crippen LogP contribution is 2.36. The summed E-state index contributed by atoms with van der Waals surface area (Å²) in [6, 6.07) is 8.50. The molecule has 0 bridgehead atoms. The van der Waals surface area contributed by atoms with Crippen LogP contribution in [-0.4, -0.2) is 12.1 Å². The van der Waals surface area contributed by atoms with Gasteiger partial charge in [-0.3, -0.25) is 0 Å². The molecule has 0 unspecified atom stereocenters. The van der Waals surface area contributed by atoms with Crippen LogP contribution in [0.25, 0.3) is 0 Å². The highest BCUT2D eigenvalue weighted by Gasteiger charge is 2.37. The second-order valence-electron chi connectivity index (χ2n) is 5.76. The molecular weight excluding hydrogens is 210 g/mol. The standard InChI is InChI=1S/C15H21NO/c16-15(8-9-15)7-6-12-2-1-3-14(10-12)17-11-13-4-5-13/h1-3,10,13H,4-9,11,16H2. The first-order valence-corrected chi connectivity index (χ1v) is 6.74. The average Bonchev–Trinajstić information content (AvgIpc) is 3.23. The van der Waals surface area contributed by atoms with Crippen molar-refractivity contribution in [3.05, 3.63) is 29.8 Å². The first-order chi connectivity index (χ1) is 8.23. The average molecular weight is 231 g/mol. The molecule has 0 amide bonds. The summed E-state index contributed by atoms with van der Waals surface area (Å²) >= 11 is 0. The molecule has 0 atom stereocenters. The van der Waals surface area contributed by atoms with Gasteiger partial charge in [-0.05, 0) is 62.1 Å². The molecule has 2 fully saturated rings. The summed E-state index contributed by atoms with van der Waals surface area (Å²) in [5, 5.41) is 0. The molecule has 1 aromatic carbocycles. The van der Waals surface area contributed by atoms with Gasteiger partial charge in [0.05, 0.1) is 6.61 Å². The van der Waals surface area contributed by atoms with Crippen molar-refractivity contribution in [2.75, 3.05) is 6.61 Å². The summed E-state index contributed by atoms with van der Waals surface area (Å²) < 4.78 is 5.79. The van der Waals surface area contributed by atoms with Gasteiger partial charge in [0.2, 0.25) is 0 Å². The minimum atomic E-state index is 0.158. The molecule has 0 saturated heterocycles. The second kappa shape index (κ2) is 4.34. The molecule has 0 heterocycles. The first-order valence-electron chi connectivity index (χ1n) is 6.74. The number of nitrogens with two attached hydrogens (primary N) is 1. The molecule has 2 nitrogen and oxygen atoms in total. The Kier molecular flexibility index (Phi) is 2.83. The number of aryl methyl sites for hydroxylation is 1. The first kappa shape index (κ1) is 11.1. The van der Waals surface area contributed by atoms with E-state index in [-0.39, 0.29) is 5.54 Å². The summed E-state index contributed by atoms with van der Waals surface area (Å²) in [7, 11) is 0. The summed E-state index contributed by atoms with van der Waals surface area (Å²) in [6.45, 7) is 0.893. The number of hydrogen-bond acceptors (Lipinski definition) is 2. The van der Waals surface area contributed by atoms with Crippen molar-refractivity contribution in [1.82, 2.24) is 0 Å². The molecule has 0 aromatic heterocycles. The Balaban J connectivity index is 1.53. The lowest BCUT2D eigenvalue weighted by molar-refractivity contribution is 0.299. The van der Waals surface area contributed by atoms with Gasteiger partial charge in [0.25, 0.3) is 0 Å². The van der Waals surface area contributed by atoms with Gasteiger partial charge in [-0.2, -0.15) is 0 Å². The van der Waals surface area contributed by atoms with E-state index in [2.05, 4.69) is 24.3 Å². The second-order valence-corrected chi connectivity index (χ2v) is 5.76. The van der Waals surface area contributed by atoms with Gasteiger partial charge in [-0.1, -0.05) is 12.1 Å². The highest BCUT2D eigenvalue weighted by atomic mass is 16.5. The zero-order valence-electron chi connectivity index (χ0n) is 10.3. The van der Waals surface area contributed by atoms with Crippen molar-refractivity contribution < 1.29 is 4.74 Å². The van der Waals surface area contributed by atoms with E-state index in [0.717, 1.165) is 31.1 Å². The number of ether oxygens (including phenoxy) is 1. The SMILES string of the molecule is NC1(CCc2cccc(OCC3CC3)c2)CC1. The molecule has 2 saturated carbocycles. The molecular formula is C15H21NO. The lowest BCUT2D eigenvalue weighted by atomic mass is 10.0. The van der Waals surface area contributed by atoms with Crippen LogP contribution in [0.15, 0.2) is 24.3 Å². The smallest absolute Gasteiger partial charge is 0.119 e. The Morgan fingerprint density at radius 3 is 2.82 bits per heavy atom. The monoisotopic (exact) mass is 231 g/mol. The summed E-state index contributed by atoms with van der Waals surface area (Å²) in [4.78, 5) is 0. The van der Waals surface area contributed by atoms with E-state index < -0.39 is 0 Å². The fraction of sp³-hybridized carbons (Fsp3) is 0.600. The van der Waals surface area contributed by atoms with E-state index >= 15 is 0 Å². The summed E-state index contributed by atoms with van der Waals surface area (Å²) in [5.74, 6) is 1.84. The van der Waals surface area contributed by atoms with Crippen LogP contribution in [0.1, 0.15) is 37.7 Å². The van der Waals surface area contributed by atoms with Crippen LogP contribution in [0, 0.1) is 5.92 Å². The van der Waals surface area contributed by atoms with E-state index in [0.29, 0.717) is 0 Å². The molecule has 17 heavy (non-hydrogen) atoms. The predicted octanol–water partition coefficient (Wildman–Crippen LogP) is 2.90. The van der Waals surface area contributed by atoms with E-state index in [1.165, 1.54) is 31.2 Å². The number of benzene rings is 1. The fourth-order valence-corrected chi connectivity index (χ4v) is 2.09. The minimum Gasteiger partial charge on any atom is -0.493 e. The van der Waals surface area contributed by atoms with Gasteiger partial charge in [0.15, 0.2) is 0 Å². The van der Waals surface area contributed by atoms with Crippen LogP contribution in [0.3, 0.4) is 0 Å². The van der Waals surface area contributed by atoms with Crippen LogP contribution < -0.4 is 10.5 Å². The molecule has 92 valence electrons. The van der Waals surface area contributed by atoms with Crippen molar-refractivity contribution >= 4 is 0 Å². The van der Waals surface area contributed by atoms with Gasteiger partial charge in [-0.25, -0.2) is 0 Å². The van der Waals surface area contributed by atoms with Crippen LogP contribution in [0.5, 0.6) is 5.75 Å². The molecule has 2 heteroatoms. The van der Waals surface area contributed by atoms with Crippen LogP contribution in [0.2, 0.25) is 0 Å². The molecule has 2 aliphatic carbocycles. The van der Waals surface area contributed by atoms with Gasteiger partial charge >= 0.3 is 0 Å². The third-order valence-corrected chi connectivity index (χ3v) is 3.88. The lowest BCUT2D eigenvalue weighted by Crippen LogP contribution is -2.22. The van der Waals surface area contributed by atoms with Crippen molar-refractivity contribution in [2.24, 2.45) is 11.7 Å². The molecule has 1 aromatic rings. The molecule has 0 radical (unpaired) electrons. The van der Waals surface area contributed by atoms with E-state index in [4.69, 9.17) is 10.5 Å². The van der Waals surface area contributed by atoms with Crippen LogP contribution >= 0.6 is 0 Å². The van der Waals surface area contributed by atoms with Crippen LogP contribution in [-0.2, 0) is 6.42 Å². The van der Waals surface area contributed by atoms with Crippen molar-refractivity contribution in [3.8, 4) is 5.75 Å². The Morgan fingerprint density at radius 2 is 2.12 bits per heavy atom. The van der Waals surface area contributed by atoms with E-state index in [1.54, 1.807) is 0 Å². The Bertz CT molecular complexity index is 394. The lowest BCUT2D eigenvalue weighted by Gasteiger charge is -2.10. The van der Waals surface area contributed by atoms with Crippen molar-refractivity contribution in [1.29, 1.82) is 0 Å². The summed E-state index contributed by atoms with van der Waals surface area (Å²) in [6.07, 6.45) is 7.27. The molecule has 2 aliphatic rings. The maximum atomic E-state index is 6.11. The molecule has 0 spiro atoms. The predicted molar refractivity (Wildman–Crippen MR) is 69.1 cm³/mol. The summed E-state index contributed by atoms with van der Waals surface area (Å²) in [5.41, 5.74) is 7.62. The molecule has 3 rings (SSSR count). The third-order valence-electron chi connectivity index (χ3n) is 3.88. The van der Waals surface area contributed by atoms with E-state index in [9.17, 15) is 0 Å². The quantitative estimate of drug-likeness (QED) is 0.817. The highest BCUT2D eigenvalue weighted by molar-refractivity contribution is 5.29.